The third-order valence-electron chi connectivity index (χ3n) is 6.52. The molecule has 1 aromatic carbocycles. The van der Waals surface area contributed by atoms with Crippen LogP contribution in [0.5, 0.6) is 0 Å². The first-order valence-corrected chi connectivity index (χ1v) is 9.74. The zero-order valence-electron chi connectivity index (χ0n) is 15.4. The highest BCUT2D eigenvalue weighted by Gasteiger charge is 2.61. The average Bonchev–Trinajstić information content (AvgIpc) is 3.08. The van der Waals surface area contributed by atoms with Crippen LogP contribution < -0.4 is 0 Å². The number of ether oxygens (including phenoxy) is 2. The molecule has 140 valence electrons. The molecular weight excluding hydrogens is 330 g/mol. The lowest BCUT2D eigenvalue weighted by molar-refractivity contribution is -0.208. The third kappa shape index (κ3) is 2.73. The van der Waals surface area contributed by atoms with Crippen LogP contribution in [0.4, 0.5) is 0 Å². The van der Waals surface area contributed by atoms with E-state index in [0.717, 1.165) is 31.2 Å². The van der Waals surface area contributed by atoms with E-state index in [4.69, 9.17) is 9.47 Å². The second kappa shape index (κ2) is 7.03. The Labute approximate surface area is 154 Å². The molecule has 1 amide bonds. The maximum Gasteiger partial charge on any atom is 0.305 e. The predicted octanol–water partition coefficient (Wildman–Crippen LogP) is 3.45. The number of nitrogens with zero attached hydrogens (tertiary/aromatic N) is 1. The van der Waals surface area contributed by atoms with Crippen LogP contribution in [0.3, 0.4) is 0 Å². The van der Waals surface area contributed by atoms with Crippen LogP contribution in [0.1, 0.15) is 56.6 Å². The van der Waals surface area contributed by atoms with Crippen molar-refractivity contribution in [3.05, 3.63) is 35.9 Å². The molecule has 3 fully saturated rings. The van der Waals surface area contributed by atoms with E-state index in [0.29, 0.717) is 31.8 Å². The quantitative estimate of drug-likeness (QED) is 0.775. The molecule has 1 aliphatic carbocycles. The van der Waals surface area contributed by atoms with Crippen molar-refractivity contribution in [1.29, 1.82) is 0 Å². The fourth-order valence-corrected chi connectivity index (χ4v) is 5.39. The summed E-state index contributed by atoms with van der Waals surface area (Å²) in [6, 6.07) is 10.2. The van der Waals surface area contributed by atoms with Gasteiger partial charge in [0.2, 0.25) is 5.91 Å². The molecule has 2 saturated heterocycles. The van der Waals surface area contributed by atoms with Gasteiger partial charge in [-0.05, 0) is 31.2 Å². The summed E-state index contributed by atoms with van der Waals surface area (Å²) in [5.41, 5.74) is 0.595. The van der Waals surface area contributed by atoms with Crippen LogP contribution in [0, 0.1) is 11.8 Å². The highest BCUT2D eigenvalue weighted by atomic mass is 16.5. The van der Waals surface area contributed by atoms with E-state index in [9.17, 15) is 9.59 Å². The minimum atomic E-state index is -0.540. The van der Waals surface area contributed by atoms with E-state index in [1.807, 2.05) is 18.2 Å². The van der Waals surface area contributed by atoms with Gasteiger partial charge in [0, 0.05) is 24.7 Å². The smallest absolute Gasteiger partial charge is 0.305 e. The summed E-state index contributed by atoms with van der Waals surface area (Å²) in [6.45, 7) is 0.543. The maximum absolute atomic E-state index is 13.0. The van der Waals surface area contributed by atoms with Crippen LogP contribution in [0.15, 0.2) is 30.3 Å². The van der Waals surface area contributed by atoms with E-state index in [1.165, 1.54) is 7.11 Å². The molecule has 26 heavy (non-hydrogen) atoms. The molecule has 2 aliphatic heterocycles. The number of methoxy groups -OCH3 is 1. The number of hydrogen-bond donors (Lipinski definition) is 0. The first-order valence-electron chi connectivity index (χ1n) is 9.74. The van der Waals surface area contributed by atoms with E-state index in [2.05, 4.69) is 17.0 Å². The number of carbonyl (C=O) groups excluding carboxylic acids is 2. The van der Waals surface area contributed by atoms with Crippen molar-refractivity contribution in [3.63, 3.8) is 0 Å². The highest BCUT2D eigenvalue weighted by Crippen LogP contribution is 2.56. The number of benzene rings is 1. The van der Waals surface area contributed by atoms with Crippen molar-refractivity contribution in [1.82, 2.24) is 4.90 Å². The second-order valence-corrected chi connectivity index (χ2v) is 7.73. The predicted molar refractivity (Wildman–Crippen MR) is 96.0 cm³/mol. The molecule has 0 N–H and O–H groups in total. The molecule has 0 aromatic heterocycles. The van der Waals surface area contributed by atoms with Gasteiger partial charge in [-0.3, -0.25) is 9.59 Å². The van der Waals surface area contributed by atoms with Gasteiger partial charge in [0.25, 0.3) is 0 Å². The second-order valence-electron chi connectivity index (χ2n) is 7.73. The lowest BCUT2D eigenvalue weighted by atomic mass is 9.67. The molecule has 2 heterocycles. The molecule has 1 aromatic rings. The summed E-state index contributed by atoms with van der Waals surface area (Å²) >= 11 is 0. The molecule has 0 bridgehead atoms. The van der Waals surface area contributed by atoms with Crippen molar-refractivity contribution < 1.29 is 19.1 Å². The number of esters is 1. The summed E-state index contributed by atoms with van der Waals surface area (Å²) in [5.74, 6) is 0.566. The topological polar surface area (TPSA) is 55.8 Å². The van der Waals surface area contributed by atoms with Crippen molar-refractivity contribution in [2.75, 3.05) is 13.7 Å². The summed E-state index contributed by atoms with van der Waals surface area (Å²) in [7, 11) is 1.43. The molecule has 1 spiro atoms. The Hall–Kier alpha value is -1.88. The minimum Gasteiger partial charge on any atom is -0.469 e. The Kier molecular flexibility index (Phi) is 4.74. The SMILES string of the molecule is COC(=O)CC[C@@H]1CCC[C@H]2CCC(=O)N3[C@H](c4ccccc4)CO[C@]123. The lowest BCUT2D eigenvalue weighted by Crippen LogP contribution is -2.62. The highest BCUT2D eigenvalue weighted by molar-refractivity contribution is 5.79. The fourth-order valence-electron chi connectivity index (χ4n) is 5.39. The van der Waals surface area contributed by atoms with Gasteiger partial charge in [0.1, 0.15) is 5.72 Å². The van der Waals surface area contributed by atoms with Gasteiger partial charge in [-0.2, -0.15) is 0 Å². The fraction of sp³-hybridized carbons (Fsp3) is 0.619. The van der Waals surface area contributed by atoms with Gasteiger partial charge in [-0.1, -0.05) is 36.8 Å². The molecule has 5 nitrogen and oxygen atoms in total. The van der Waals surface area contributed by atoms with Gasteiger partial charge < -0.3 is 14.4 Å². The molecule has 0 unspecified atom stereocenters. The van der Waals surface area contributed by atoms with Crippen molar-refractivity contribution >= 4 is 11.9 Å². The number of rotatable bonds is 4. The van der Waals surface area contributed by atoms with Crippen LogP contribution in [-0.4, -0.2) is 36.2 Å². The molecule has 0 radical (unpaired) electrons. The molecule has 4 rings (SSSR count). The summed E-state index contributed by atoms with van der Waals surface area (Å²) < 4.78 is 11.4. The standard InChI is InChI=1S/C21H27NO4/c1-25-20(24)13-11-17-9-5-8-16-10-12-19(23)22-18(14-26-21(16,17)22)15-6-3-2-4-7-15/h2-4,6-7,16-18H,5,8-14H2,1H3/t16-,17-,18-,21-/m0/s1. The van der Waals surface area contributed by atoms with Crippen LogP contribution >= 0.6 is 0 Å². The normalized spacial score (nSPS) is 33.5. The number of hydrogen-bond acceptors (Lipinski definition) is 4. The van der Waals surface area contributed by atoms with Crippen LogP contribution in [0.2, 0.25) is 0 Å². The molecule has 5 heteroatoms. The summed E-state index contributed by atoms with van der Waals surface area (Å²) in [5, 5.41) is 0. The number of amides is 1. The Morgan fingerprint density at radius 3 is 2.85 bits per heavy atom. The van der Waals surface area contributed by atoms with Crippen LogP contribution in [-0.2, 0) is 19.1 Å². The molecule has 1 saturated carbocycles. The summed E-state index contributed by atoms with van der Waals surface area (Å²) in [4.78, 5) is 26.8. The van der Waals surface area contributed by atoms with Crippen molar-refractivity contribution in [2.45, 2.75) is 56.7 Å². The number of piperidine rings is 1. The van der Waals surface area contributed by atoms with Crippen LogP contribution in [0.25, 0.3) is 0 Å². The Morgan fingerprint density at radius 1 is 1.27 bits per heavy atom. The van der Waals surface area contributed by atoms with E-state index in [-0.39, 0.29) is 23.8 Å². The first-order chi connectivity index (χ1) is 12.7. The average molecular weight is 357 g/mol. The van der Waals surface area contributed by atoms with Gasteiger partial charge in [-0.15, -0.1) is 0 Å². The van der Waals surface area contributed by atoms with Gasteiger partial charge in [0.15, 0.2) is 0 Å². The van der Waals surface area contributed by atoms with Gasteiger partial charge in [-0.25, -0.2) is 0 Å². The van der Waals surface area contributed by atoms with E-state index in [1.54, 1.807) is 0 Å². The third-order valence-corrected chi connectivity index (χ3v) is 6.52. The van der Waals surface area contributed by atoms with Crippen molar-refractivity contribution in [2.24, 2.45) is 11.8 Å². The number of carbonyl (C=O) groups is 2. The van der Waals surface area contributed by atoms with E-state index < -0.39 is 5.72 Å². The Bertz CT molecular complexity index is 676. The van der Waals surface area contributed by atoms with E-state index >= 15 is 0 Å². The molecular formula is C21H27NO4. The van der Waals surface area contributed by atoms with Gasteiger partial charge in [0.05, 0.1) is 19.8 Å². The Morgan fingerprint density at radius 2 is 2.08 bits per heavy atom. The Balaban J connectivity index is 1.67. The maximum atomic E-state index is 13.0. The lowest BCUT2D eigenvalue weighted by Gasteiger charge is -2.54. The zero-order chi connectivity index (χ0) is 18.1. The molecule has 4 atom stereocenters. The first kappa shape index (κ1) is 17.5. The minimum absolute atomic E-state index is 0.0229. The zero-order valence-corrected chi connectivity index (χ0v) is 15.4. The summed E-state index contributed by atoms with van der Waals surface area (Å²) in [6.07, 6.45) is 5.83. The largest absolute Gasteiger partial charge is 0.469 e. The van der Waals surface area contributed by atoms with Gasteiger partial charge >= 0.3 is 5.97 Å². The van der Waals surface area contributed by atoms with Crippen molar-refractivity contribution in [3.8, 4) is 0 Å². The monoisotopic (exact) mass is 357 g/mol. The molecule has 3 aliphatic rings.